The van der Waals surface area contributed by atoms with E-state index < -0.39 is 30.2 Å². The molecular formula is C11H11F3N2O3S. The van der Waals surface area contributed by atoms with Crippen LogP contribution in [0, 0.1) is 0 Å². The number of likely N-dealkylation sites (N-methyl/N-ethyl adjacent to an activating group) is 1. The van der Waals surface area contributed by atoms with Crippen LogP contribution >= 0.6 is 11.8 Å². The number of carbonyl (C=O) groups excluding carboxylic acids is 1. The second-order valence-corrected chi connectivity index (χ2v) is 4.81. The SMILES string of the molecule is CN(CC(=O)O)C(=O)CSc1ccc(C(F)(F)F)cn1. The van der Waals surface area contributed by atoms with E-state index >= 15 is 0 Å². The highest BCUT2D eigenvalue weighted by atomic mass is 32.2. The summed E-state index contributed by atoms with van der Waals surface area (Å²) in [4.78, 5) is 26.5. The van der Waals surface area contributed by atoms with E-state index in [4.69, 9.17) is 5.11 Å². The number of carboxylic acids is 1. The molecule has 0 fully saturated rings. The van der Waals surface area contributed by atoms with E-state index in [1.54, 1.807) is 0 Å². The number of nitrogens with zero attached hydrogens (tertiary/aromatic N) is 2. The predicted molar refractivity (Wildman–Crippen MR) is 65.2 cm³/mol. The first-order valence-corrected chi connectivity index (χ1v) is 6.30. The minimum atomic E-state index is -4.45. The van der Waals surface area contributed by atoms with Gasteiger partial charge in [-0.1, -0.05) is 11.8 Å². The Labute approximate surface area is 116 Å². The van der Waals surface area contributed by atoms with Gasteiger partial charge >= 0.3 is 12.1 Å². The highest BCUT2D eigenvalue weighted by Crippen LogP contribution is 2.29. The van der Waals surface area contributed by atoms with Crippen molar-refractivity contribution >= 4 is 23.6 Å². The Kier molecular flexibility index (Phi) is 5.37. The van der Waals surface area contributed by atoms with Gasteiger partial charge in [0, 0.05) is 13.2 Å². The van der Waals surface area contributed by atoms with Crippen molar-refractivity contribution < 1.29 is 27.9 Å². The lowest BCUT2D eigenvalue weighted by Crippen LogP contribution is -2.33. The topological polar surface area (TPSA) is 70.5 Å². The number of hydrogen-bond acceptors (Lipinski definition) is 4. The first-order valence-electron chi connectivity index (χ1n) is 5.32. The molecule has 0 aliphatic heterocycles. The molecule has 0 aromatic carbocycles. The van der Waals surface area contributed by atoms with Gasteiger partial charge in [0.2, 0.25) is 5.91 Å². The van der Waals surface area contributed by atoms with Crippen molar-refractivity contribution in [2.24, 2.45) is 0 Å². The quantitative estimate of drug-likeness (QED) is 0.839. The average molecular weight is 308 g/mol. The fourth-order valence-corrected chi connectivity index (χ4v) is 1.95. The normalized spacial score (nSPS) is 11.2. The van der Waals surface area contributed by atoms with E-state index in [1.165, 1.54) is 7.05 Å². The van der Waals surface area contributed by atoms with Gasteiger partial charge in [0.15, 0.2) is 0 Å². The summed E-state index contributed by atoms with van der Waals surface area (Å²) in [6, 6.07) is 2.04. The molecule has 0 saturated carbocycles. The van der Waals surface area contributed by atoms with E-state index in [-0.39, 0.29) is 10.8 Å². The second kappa shape index (κ2) is 6.60. The lowest BCUT2D eigenvalue weighted by Gasteiger charge is -2.13. The largest absolute Gasteiger partial charge is 0.480 e. The lowest BCUT2D eigenvalue weighted by molar-refractivity contribution is -0.142. The number of pyridine rings is 1. The molecule has 0 unspecified atom stereocenters. The summed E-state index contributed by atoms with van der Waals surface area (Å²) < 4.78 is 36.9. The van der Waals surface area contributed by atoms with Gasteiger partial charge in [-0.15, -0.1) is 0 Å². The number of amides is 1. The summed E-state index contributed by atoms with van der Waals surface area (Å²) in [5.41, 5.74) is -0.865. The number of halogens is 3. The molecule has 1 N–H and O–H groups in total. The Morgan fingerprint density at radius 1 is 1.40 bits per heavy atom. The zero-order valence-electron chi connectivity index (χ0n) is 10.3. The van der Waals surface area contributed by atoms with Crippen LogP contribution in [-0.4, -0.2) is 46.2 Å². The van der Waals surface area contributed by atoms with Crippen molar-refractivity contribution in [1.29, 1.82) is 0 Å². The van der Waals surface area contributed by atoms with Crippen molar-refractivity contribution in [3.8, 4) is 0 Å². The average Bonchev–Trinajstić information content (AvgIpc) is 2.34. The van der Waals surface area contributed by atoms with E-state index in [0.717, 1.165) is 28.8 Å². The maximum absolute atomic E-state index is 12.3. The standard InChI is InChI=1S/C11H11F3N2O3S/c1-16(5-10(18)19)9(17)6-20-8-3-2-7(4-15-8)11(12,13)14/h2-4H,5-6H2,1H3,(H,18,19). The van der Waals surface area contributed by atoms with Crippen LogP contribution < -0.4 is 0 Å². The summed E-state index contributed by atoms with van der Waals surface area (Å²) in [6.07, 6.45) is -3.76. The lowest BCUT2D eigenvalue weighted by atomic mass is 10.3. The van der Waals surface area contributed by atoms with Crippen molar-refractivity contribution in [2.75, 3.05) is 19.3 Å². The Balaban J connectivity index is 2.54. The van der Waals surface area contributed by atoms with Crippen molar-refractivity contribution in [2.45, 2.75) is 11.2 Å². The Morgan fingerprint density at radius 2 is 2.05 bits per heavy atom. The van der Waals surface area contributed by atoms with E-state index in [1.807, 2.05) is 0 Å². The third kappa shape index (κ3) is 5.08. The summed E-state index contributed by atoms with van der Waals surface area (Å²) in [5.74, 6) is -1.68. The van der Waals surface area contributed by atoms with Gasteiger partial charge in [0.1, 0.15) is 6.54 Å². The summed E-state index contributed by atoms with van der Waals surface area (Å²) >= 11 is 0.941. The number of alkyl halides is 3. The molecule has 1 amide bonds. The first kappa shape index (κ1) is 16.3. The molecular weight excluding hydrogens is 297 g/mol. The molecule has 0 aliphatic rings. The van der Waals surface area contributed by atoms with Crippen LogP contribution in [0.4, 0.5) is 13.2 Å². The predicted octanol–water partition coefficient (Wildman–Crippen LogP) is 1.74. The molecule has 1 heterocycles. The van der Waals surface area contributed by atoms with Crippen LogP contribution in [0.3, 0.4) is 0 Å². The van der Waals surface area contributed by atoms with Gasteiger partial charge in [-0.05, 0) is 12.1 Å². The highest BCUT2D eigenvalue weighted by molar-refractivity contribution is 7.99. The molecule has 1 aromatic heterocycles. The van der Waals surface area contributed by atoms with Crippen molar-refractivity contribution in [3.63, 3.8) is 0 Å². The zero-order valence-corrected chi connectivity index (χ0v) is 11.2. The molecule has 0 bridgehead atoms. The van der Waals surface area contributed by atoms with Crippen molar-refractivity contribution in [1.82, 2.24) is 9.88 Å². The van der Waals surface area contributed by atoms with E-state index in [0.29, 0.717) is 6.20 Å². The van der Waals surface area contributed by atoms with Crippen LogP contribution in [0.25, 0.3) is 0 Å². The number of carboxylic acid groups (broad SMARTS) is 1. The highest BCUT2D eigenvalue weighted by Gasteiger charge is 2.30. The van der Waals surface area contributed by atoms with Gasteiger partial charge < -0.3 is 10.0 Å². The van der Waals surface area contributed by atoms with Gasteiger partial charge in [-0.25, -0.2) is 4.98 Å². The third-order valence-corrected chi connectivity index (χ3v) is 3.13. The van der Waals surface area contributed by atoms with E-state index in [9.17, 15) is 22.8 Å². The van der Waals surface area contributed by atoms with Gasteiger partial charge in [0.05, 0.1) is 16.3 Å². The van der Waals surface area contributed by atoms with E-state index in [2.05, 4.69) is 4.98 Å². The van der Waals surface area contributed by atoms with Crippen LogP contribution in [0.15, 0.2) is 23.4 Å². The van der Waals surface area contributed by atoms with Crippen LogP contribution in [0.2, 0.25) is 0 Å². The minimum Gasteiger partial charge on any atom is -0.480 e. The third-order valence-electron chi connectivity index (χ3n) is 2.21. The molecule has 0 saturated heterocycles. The summed E-state index contributed by atoms with van der Waals surface area (Å²) in [5, 5.41) is 8.76. The maximum atomic E-state index is 12.3. The molecule has 1 aromatic rings. The Hall–Kier alpha value is -1.77. The summed E-state index contributed by atoms with van der Waals surface area (Å²) in [6.45, 7) is -0.431. The molecule has 110 valence electrons. The zero-order chi connectivity index (χ0) is 15.3. The smallest absolute Gasteiger partial charge is 0.417 e. The van der Waals surface area contributed by atoms with Crippen LogP contribution in [0.1, 0.15) is 5.56 Å². The van der Waals surface area contributed by atoms with Crippen LogP contribution in [0.5, 0.6) is 0 Å². The van der Waals surface area contributed by atoms with Gasteiger partial charge in [0.25, 0.3) is 0 Å². The second-order valence-electron chi connectivity index (χ2n) is 3.82. The fraction of sp³-hybridized carbons (Fsp3) is 0.364. The fourth-order valence-electron chi connectivity index (χ4n) is 1.17. The van der Waals surface area contributed by atoms with Gasteiger partial charge in [-0.2, -0.15) is 13.2 Å². The minimum absolute atomic E-state index is 0.0951. The molecule has 5 nitrogen and oxygen atoms in total. The number of aliphatic carboxylic acids is 1. The maximum Gasteiger partial charge on any atom is 0.417 e. The molecule has 1 rings (SSSR count). The molecule has 0 atom stereocenters. The molecule has 0 radical (unpaired) electrons. The summed E-state index contributed by atoms with van der Waals surface area (Å²) in [7, 11) is 1.33. The monoisotopic (exact) mass is 308 g/mol. The number of rotatable bonds is 5. The van der Waals surface area contributed by atoms with Crippen molar-refractivity contribution in [3.05, 3.63) is 23.9 Å². The Morgan fingerprint density at radius 3 is 2.50 bits per heavy atom. The number of hydrogen-bond donors (Lipinski definition) is 1. The molecule has 20 heavy (non-hydrogen) atoms. The van der Waals surface area contributed by atoms with Gasteiger partial charge in [-0.3, -0.25) is 9.59 Å². The molecule has 0 aliphatic carbocycles. The number of carbonyl (C=O) groups is 2. The Bertz CT molecular complexity index is 491. The van der Waals surface area contributed by atoms with Crippen LogP contribution in [-0.2, 0) is 15.8 Å². The molecule has 9 heteroatoms. The number of aromatic nitrogens is 1. The number of thioether (sulfide) groups is 1. The first-order chi connectivity index (χ1) is 9.20. The molecule has 0 spiro atoms.